The van der Waals surface area contributed by atoms with Gasteiger partial charge in [0.25, 0.3) is 0 Å². The fraction of sp³-hybridized carbons (Fsp3) is 0.600. The van der Waals surface area contributed by atoms with E-state index < -0.39 is 0 Å². The summed E-state index contributed by atoms with van der Waals surface area (Å²) in [5.74, 6) is 0. The van der Waals surface area contributed by atoms with Gasteiger partial charge in [-0.25, -0.2) is 0 Å². The molecule has 1 saturated carbocycles. The van der Waals surface area contributed by atoms with Crippen molar-refractivity contribution < 1.29 is 0 Å². The zero-order valence-corrected chi connectivity index (χ0v) is 11.6. The van der Waals surface area contributed by atoms with E-state index in [0.717, 1.165) is 12.6 Å². The topological polar surface area (TPSA) is 12.0 Å². The maximum atomic E-state index is 3.72. The van der Waals surface area contributed by atoms with Gasteiger partial charge in [-0.05, 0) is 30.9 Å². The maximum Gasteiger partial charge on any atom is 0.0210 e. The predicted octanol–water partition coefficient (Wildman–Crippen LogP) is 4.23. The van der Waals surface area contributed by atoms with Crippen LogP contribution in [0.3, 0.4) is 0 Å². The summed E-state index contributed by atoms with van der Waals surface area (Å²) in [6.07, 6.45) is 8.42. The summed E-state index contributed by atoms with van der Waals surface area (Å²) in [7, 11) is 0. The Kier molecular flexibility index (Phi) is 6.61. The molecule has 0 radical (unpaired) electrons. The quantitative estimate of drug-likeness (QED) is 0.795. The molecule has 0 spiro atoms. The fourth-order valence-corrected chi connectivity index (χ4v) is 2.55. The standard InChI is InChI=1S/C15H23N.ClH/c1-13-8-6-7-9-14(13)12-16-15-10-4-2-3-5-11-15;/h6-9,15-16H,2-5,10-12H2,1H3;1H. The highest BCUT2D eigenvalue weighted by atomic mass is 35.5. The first kappa shape index (κ1) is 14.5. The van der Waals surface area contributed by atoms with Gasteiger partial charge < -0.3 is 5.32 Å². The molecular formula is C15H24ClN. The molecule has 2 rings (SSSR count). The van der Waals surface area contributed by atoms with Crippen molar-refractivity contribution in [2.75, 3.05) is 0 Å². The Morgan fingerprint density at radius 1 is 1.06 bits per heavy atom. The van der Waals surface area contributed by atoms with Gasteiger partial charge in [0.15, 0.2) is 0 Å². The first-order valence-corrected chi connectivity index (χ1v) is 6.64. The molecule has 0 atom stereocenters. The first-order chi connectivity index (χ1) is 7.86. The summed E-state index contributed by atoms with van der Waals surface area (Å²) in [6, 6.07) is 9.44. The van der Waals surface area contributed by atoms with Crippen LogP contribution in [0.4, 0.5) is 0 Å². The third kappa shape index (κ3) is 4.69. The van der Waals surface area contributed by atoms with Crippen molar-refractivity contribution in [2.24, 2.45) is 0 Å². The Labute approximate surface area is 111 Å². The number of benzene rings is 1. The molecule has 1 aliphatic carbocycles. The van der Waals surface area contributed by atoms with E-state index in [4.69, 9.17) is 0 Å². The van der Waals surface area contributed by atoms with Gasteiger partial charge in [0, 0.05) is 12.6 Å². The molecule has 1 N–H and O–H groups in total. The minimum absolute atomic E-state index is 0. The Hall–Kier alpha value is -0.530. The summed E-state index contributed by atoms with van der Waals surface area (Å²) >= 11 is 0. The molecule has 0 aromatic heterocycles. The Morgan fingerprint density at radius 3 is 2.35 bits per heavy atom. The molecule has 1 aromatic carbocycles. The van der Waals surface area contributed by atoms with Gasteiger partial charge in [0.2, 0.25) is 0 Å². The van der Waals surface area contributed by atoms with Crippen LogP contribution in [0.1, 0.15) is 49.7 Å². The van der Waals surface area contributed by atoms with E-state index in [1.807, 2.05) is 0 Å². The SMILES string of the molecule is Cc1ccccc1CNC1CCCCCC1.Cl. The van der Waals surface area contributed by atoms with Crippen LogP contribution in [0.15, 0.2) is 24.3 Å². The van der Waals surface area contributed by atoms with Crippen LogP contribution in [0.2, 0.25) is 0 Å². The molecule has 96 valence electrons. The molecule has 0 amide bonds. The second-order valence-electron chi connectivity index (χ2n) is 5.00. The van der Waals surface area contributed by atoms with Crippen LogP contribution < -0.4 is 5.32 Å². The molecule has 1 fully saturated rings. The van der Waals surface area contributed by atoms with Crippen LogP contribution >= 0.6 is 12.4 Å². The highest BCUT2D eigenvalue weighted by Gasteiger charge is 2.11. The van der Waals surface area contributed by atoms with Gasteiger partial charge in [-0.1, -0.05) is 49.9 Å². The van der Waals surface area contributed by atoms with E-state index in [9.17, 15) is 0 Å². The van der Waals surface area contributed by atoms with Gasteiger partial charge in [0.1, 0.15) is 0 Å². The van der Waals surface area contributed by atoms with Crippen molar-refractivity contribution in [3.8, 4) is 0 Å². The molecule has 0 unspecified atom stereocenters. The number of halogens is 1. The predicted molar refractivity (Wildman–Crippen MR) is 76.8 cm³/mol. The zero-order valence-electron chi connectivity index (χ0n) is 10.7. The van der Waals surface area contributed by atoms with Crippen molar-refractivity contribution in [1.82, 2.24) is 5.32 Å². The van der Waals surface area contributed by atoms with E-state index in [1.165, 1.54) is 49.7 Å². The second-order valence-corrected chi connectivity index (χ2v) is 5.00. The Bertz CT molecular complexity index is 316. The van der Waals surface area contributed by atoms with Crippen LogP contribution in [0, 0.1) is 6.92 Å². The molecule has 17 heavy (non-hydrogen) atoms. The van der Waals surface area contributed by atoms with Crippen LogP contribution in [-0.4, -0.2) is 6.04 Å². The van der Waals surface area contributed by atoms with E-state index in [2.05, 4.69) is 36.5 Å². The van der Waals surface area contributed by atoms with Gasteiger partial charge in [-0.3, -0.25) is 0 Å². The first-order valence-electron chi connectivity index (χ1n) is 6.64. The maximum absolute atomic E-state index is 3.72. The van der Waals surface area contributed by atoms with E-state index in [0.29, 0.717) is 0 Å². The number of aryl methyl sites for hydroxylation is 1. The van der Waals surface area contributed by atoms with Crippen molar-refractivity contribution in [2.45, 2.75) is 58.0 Å². The highest BCUT2D eigenvalue weighted by molar-refractivity contribution is 5.85. The summed E-state index contributed by atoms with van der Waals surface area (Å²) in [5.41, 5.74) is 2.86. The minimum Gasteiger partial charge on any atom is -0.310 e. The largest absolute Gasteiger partial charge is 0.310 e. The second kappa shape index (κ2) is 7.73. The highest BCUT2D eigenvalue weighted by Crippen LogP contribution is 2.18. The van der Waals surface area contributed by atoms with Crippen LogP contribution in [0.25, 0.3) is 0 Å². The van der Waals surface area contributed by atoms with Gasteiger partial charge in [-0.2, -0.15) is 0 Å². The average molecular weight is 254 g/mol. The van der Waals surface area contributed by atoms with Gasteiger partial charge in [-0.15, -0.1) is 12.4 Å². The monoisotopic (exact) mass is 253 g/mol. The lowest BCUT2D eigenvalue weighted by atomic mass is 10.1. The average Bonchev–Trinajstić information content (AvgIpc) is 2.56. The lowest BCUT2D eigenvalue weighted by Crippen LogP contribution is -2.28. The number of hydrogen-bond acceptors (Lipinski definition) is 1. The third-order valence-corrected chi connectivity index (χ3v) is 3.70. The number of rotatable bonds is 3. The normalized spacial score (nSPS) is 17.2. The van der Waals surface area contributed by atoms with Crippen molar-refractivity contribution in [3.05, 3.63) is 35.4 Å². The molecule has 0 aliphatic heterocycles. The molecule has 1 nitrogen and oxygen atoms in total. The Balaban J connectivity index is 0.00000144. The smallest absolute Gasteiger partial charge is 0.0210 e. The molecule has 1 aliphatic rings. The minimum atomic E-state index is 0. The summed E-state index contributed by atoms with van der Waals surface area (Å²) in [4.78, 5) is 0. The molecule has 2 heteroatoms. The lowest BCUT2D eigenvalue weighted by molar-refractivity contribution is 0.458. The van der Waals surface area contributed by atoms with Crippen LogP contribution in [0.5, 0.6) is 0 Å². The van der Waals surface area contributed by atoms with Crippen molar-refractivity contribution >= 4 is 12.4 Å². The molecule has 0 heterocycles. The molecule has 1 aromatic rings. The number of nitrogens with one attached hydrogen (secondary N) is 1. The van der Waals surface area contributed by atoms with Crippen molar-refractivity contribution in [1.29, 1.82) is 0 Å². The van der Waals surface area contributed by atoms with Gasteiger partial charge in [0.05, 0.1) is 0 Å². The lowest BCUT2D eigenvalue weighted by Gasteiger charge is -2.17. The molecule has 0 saturated heterocycles. The van der Waals surface area contributed by atoms with Crippen LogP contribution in [-0.2, 0) is 6.54 Å². The summed E-state index contributed by atoms with van der Waals surface area (Å²) < 4.78 is 0. The van der Waals surface area contributed by atoms with Crippen molar-refractivity contribution in [3.63, 3.8) is 0 Å². The Morgan fingerprint density at radius 2 is 1.71 bits per heavy atom. The third-order valence-electron chi connectivity index (χ3n) is 3.70. The molecule has 0 bridgehead atoms. The number of hydrogen-bond donors (Lipinski definition) is 1. The molecular weight excluding hydrogens is 230 g/mol. The van der Waals surface area contributed by atoms with Gasteiger partial charge >= 0.3 is 0 Å². The summed E-state index contributed by atoms with van der Waals surface area (Å²) in [5, 5.41) is 3.72. The fourth-order valence-electron chi connectivity index (χ4n) is 2.55. The van der Waals surface area contributed by atoms with E-state index >= 15 is 0 Å². The van der Waals surface area contributed by atoms with E-state index in [-0.39, 0.29) is 12.4 Å². The van der Waals surface area contributed by atoms with E-state index in [1.54, 1.807) is 0 Å². The summed E-state index contributed by atoms with van der Waals surface area (Å²) in [6.45, 7) is 3.24. The zero-order chi connectivity index (χ0) is 11.2.